The first kappa shape index (κ1) is 16.2. The van der Waals surface area contributed by atoms with Crippen molar-refractivity contribution >= 4 is 22.5 Å². The van der Waals surface area contributed by atoms with Gasteiger partial charge in [0.2, 0.25) is 6.10 Å². The van der Waals surface area contributed by atoms with E-state index in [4.69, 9.17) is 13.9 Å². The van der Waals surface area contributed by atoms with Crippen molar-refractivity contribution in [1.29, 1.82) is 0 Å². The van der Waals surface area contributed by atoms with Crippen LogP contribution in [0.3, 0.4) is 0 Å². The van der Waals surface area contributed by atoms with Crippen LogP contribution in [-0.4, -0.2) is 16.8 Å². The molecule has 1 aromatic heterocycles. The highest BCUT2D eigenvalue weighted by Crippen LogP contribution is 2.36. The maximum atomic E-state index is 5.92. The van der Waals surface area contributed by atoms with Crippen molar-refractivity contribution in [2.75, 3.05) is 6.61 Å². The summed E-state index contributed by atoms with van der Waals surface area (Å²) in [5.74, 6) is 2.62. The van der Waals surface area contributed by atoms with Crippen LogP contribution in [0.15, 0.2) is 76.4 Å². The highest BCUT2D eigenvalue weighted by atomic mass is 32.2. The third kappa shape index (κ3) is 3.24. The monoisotopic (exact) mass is 376 g/mol. The molecular weight excluding hydrogens is 360 g/mol. The second kappa shape index (κ2) is 6.96. The van der Waals surface area contributed by atoms with E-state index >= 15 is 0 Å². The summed E-state index contributed by atoms with van der Waals surface area (Å²) in [6.07, 6.45) is -0.390. The third-order valence-electron chi connectivity index (χ3n) is 4.44. The lowest BCUT2D eigenvalue weighted by Gasteiger charge is -2.23. The van der Waals surface area contributed by atoms with E-state index in [1.807, 2.05) is 30.3 Å². The topological polar surface area (TPSA) is 57.4 Å². The van der Waals surface area contributed by atoms with Crippen molar-refractivity contribution < 1.29 is 13.9 Å². The average Bonchev–Trinajstić information content (AvgIpc) is 3.21. The molecule has 1 aliphatic heterocycles. The van der Waals surface area contributed by atoms with Crippen LogP contribution in [-0.2, 0) is 5.75 Å². The number of nitrogens with zero attached hydrogens (tertiary/aromatic N) is 2. The maximum Gasteiger partial charge on any atom is 0.277 e. The Bertz CT molecular complexity index is 1090. The molecule has 0 amide bonds. The zero-order valence-corrected chi connectivity index (χ0v) is 15.2. The van der Waals surface area contributed by atoms with E-state index in [-0.39, 0.29) is 6.10 Å². The number of hydrogen-bond donors (Lipinski definition) is 0. The van der Waals surface area contributed by atoms with E-state index in [1.54, 1.807) is 0 Å². The summed E-state index contributed by atoms with van der Waals surface area (Å²) >= 11 is 1.52. The number of ether oxygens (including phenoxy) is 2. The molecule has 0 N–H and O–H groups in total. The summed E-state index contributed by atoms with van der Waals surface area (Å²) in [5, 5.41) is 11.3. The van der Waals surface area contributed by atoms with Gasteiger partial charge in [0.15, 0.2) is 11.5 Å². The summed E-state index contributed by atoms with van der Waals surface area (Å²) in [6, 6.07) is 22.2. The second-order valence-corrected chi connectivity index (χ2v) is 7.12. The minimum atomic E-state index is -0.390. The zero-order chi connectivity index (χ0) is 18.1. The summed E-state index contributed by atoms with van der Waals surface area (Å²) in [5.41, 5.74) is 1.24. The molecule has 5 rings (SSSR count). The van der Waals surface area contributed by atoms with Gasteiger partial charge in [0.25, 0.3) is 11.1 Å². The Kier molecular flexibility index (Phi) is 4.18. The maximum absolute atomic E-state index is 5.92. The van der Waals surface area contributed by atoms with Crippen molar-refractivity contribution in [3.05, 3.63) is 78.2 Å². The number of thioether (sulfide) groups is 1. The lowest BCUT2D eigenvalue weighted by Crippen LogP contribution is -2.21. The molecule has 0 unspecified atom stereocenters. The molecule has 0 radical (unpaired) electrons. The number of hydrogen-bond acceptors (Lipinski definition) is 6. The standard InChI is InChI=1S/C21H16N2O3S/c1-2-9-16-14(6-1)7-5-8-15(16)13-27-21-23-22-20(26-21)19-12-24-17-10-3-4-11-18(17)25-19/h1-11,19H,12-13H2/t19-/m0/s1. The highest BCUT2D eigenvalue weighted by molar-refractivity contribution is 7.98. The third-order valence-corrected chi connectivity index (χ3v) is 5.30. The number of fused-ring (bicyclic) bond motifs is 2. The molecular formula is C21H16N2O3S. The Labute approximate surface area is 160 Å². The molecule has 1 atom stereocenters. The van der Waals surface area contributed by atoms with Gasteiger partial charge in [-0.15, -0.1) is 10.2 Å². The van der Waals surface area contributed by atoms with Crippen LogP contribution in [0.2, 0.25) is 0 Å². The molecule has 4 aromatic rings. The second-order valence-electron chi connectivity index (χ2n) is 6.20. The lowest BCUT2D eigenvalue weighted by atomic mass is 10.1. The van der Waals surface area contributed by atoms with Crippen LogP contribution >= 0.6 is 11.8 Å². The Morgan fingerprint density at radius 1 is 0.889 bits per heavy atom. The van der Waals surface area contributed by atoms with Crippen LogP contribution in [0.25, 0.3) is 10.8 Å². The smallest absolute Gasteiger partial charge is 0.277 e. The fourth-order valence-corrected chi connectivity index (χ4v) is 3.88. The van der Waals surface area contributed by atoms with Crippen molar-refractivity contribution in [3.63, 3.8) is 0 Å². The first-order chi connectivity index (χ1) is 13.4. The summed E-state index contributed by atoms with van der Waals surface area (Å²) in [4.78, 5) is 0. The van der Waals surface area contributed by atoms with Gasteiger partial charge in [-0.05, 0) is 28.5 Å². The van der Waals surface area contributed by atoms with E-state index in [0.29, 0.717) is 23.5 Å². The molecule has 5 nitrogen and oxygen atoms in total. The molecule has 6 heteroatoms. The van der Waals surface area contributed by atoms with Gasteiger partial charge in [-0.25, -0.2) is 0 Å². The predicted octanol–water partition coefficient (Wildman–Crippen LogP) is 5.03. The van der Waals surface area contributed by atoms with Crippen molar-refractivity contribution in [1.82, 2.24) is 10.2 Å². The Balaban J connectivity index is 1.30. The summed E-state index contributed by atoms with van der Waals surface area (Å²) in [6.45, 7) is 0.354. The molecule has 0 spiro atoms. The molecule has 134 valence electrons. The Morgan fingerprint density at radius 2 is 1.70 bits per heavy atom. The first-order valence-corrected chi connectivity index (χ1v) is 9.67. The average molecular weight is 376 g/mol. The van der Waals surface area contributed by atoms with Crippen LogP contribution in [0.4, 0.5) is 0 Å². The molecule has 0 saturated carbocycles. The van der Waals surface area contributed by atoms with Crippen LogP contribution < -0.4 is 9.47 Å². The highest BCUT2D eigenvalue weighted by Gasteiger charge is 2.27. The Hall–Kier alpha value is -2.99. The van der Waals surface area contributed by atoms with Crippen LogP contribution in [0.5, 0.6) is 11.5 Å². The van der Waals surface area contributed by atoms with Gasteiger partial charge in [-0.2, -0.15) is 0 Å². The summed E-state index contributed by atoms with van der Waals surface area (Å²) in [7, 11) is 0. The minimum Gasteiger partial charge on any atom is -0.485 e. The number of benzene rings is 3. The number of aromatic nitrogens is 2. The SMILES string of the molecule is c1ccc2c(c1)OC[C@@H](c1nnc(SCc3cccc4ccccc34)o1)O2. The van der Waals surface area contributed by atoms with Crippen LogP contribution in [0.1, 0.15) is 17.6 Å². The normalized spacial score (nSPS) is 15.8. The first-order valence-electron chi connectivity index (χ1n) is 8.68. The quantitative estimate of drug-likeness (QED) is 0.466. The van der Waals surface area contributed by atoms with Crippen LogP contribution in [0, 0.1) is 0 Å². The lowest BCUT2D eigenvalue weighted by molar-refractivity contribution is 0.0686. The van der Waals surface area contributed by atoms with E-state index in [9.17, 15) is 0 Å². The molecule has 2 heterocycles. The number of para-hydroxylation sites is 2. The van der Waals surface area contributed by atoms with Crippen molar-refractivity contribution in [2.45, 2.75) is 17.1 Å². The van der Waals surface area contributed by atoms with Crippen molar-refractivity contribution in [3.8, 4) is 11.5 Å². The number of rotatable bonds is 4. The van der Waals surface area contributed by atoms with E-state index in [2.05, 4.69) is 46.6 Å². The van der Waals surface area contributed by atoms with E-state index < -0.39 is 0 Å². The van der Waals surface area contributed by atoms with Gasteiger partial charge in [0.1, 0.15) is 6.61 Å². The zero-order valence-electron chi connectivity index (χ0n) is 14.4. The molecule has 0 fully saturated rings. The molecule has 0 aliphatic carbocycles. The van der Waals surface area contributed by atoms with Gasteiger partial charge in [-0.3, -0.25) is 0 Å². The van der Waals surface area contributed by atoms with E-state index in [0.717, 1.165) is 11.5 Å². The molecule has 0 bridgehead atoms. The fourth-order valence-electron chi connectivity index (χ4n) is 3.11. The molecule has 0 saturated heterocycles. The van der Waals surface area contributed by atoms with Gasteiger partial charge in [-0.1, -0.05) is 66.4 Å². The molecule has 27 heavy (non-hydrogen) atoms. The predicted molar refractivity (Wildman–Crippen MR) is 103 cm³/mol. The minimum absolute atomic E-state index is 0.354. The Morgan fingerprint density at radius 3 is 2.67 bits per heavy atom. The summed E-state index contributed by atoms with van der Waals surface area (Å²) < 4.78 is 17.4. The van der Waals surface area contributed by atoms with Gasteiger partial charge in [0.05, 0.1) is 0 Å². The fraction of sp³-hybridized carbons (Fsp3) is 0.143. The molecule has 3 aromatic carbocycles. The molecule has 1 aliphatic rings. The van der Waals surface area contributed by atoms with Crippen molar-refractivity contribution in [2.24, 2.45) is 0 Å². The van der Waals surface area contributed by atoms with E-state index in [1.165, 1.54) is 28.1 Å². The van der Waals surface area contributed by atoms with Gasteiger partial charge < -0.3 is 13.9 Å². The van der Waals surface area contributed by atoms with Gasteiger partial charge >= 0.3 is 0 Å². The van der Waals surface area contributed by atoms with Gasteiger partial charge in [0, 0.05) is 5.75 Å². The largest absolute Gasteiger partial charge is 0.485 e.